The second kappa shape index (κ2) is 7.49. The smallest absolute Gasteiger partial charge is 0.325 e. The summed E-state index contributed by atoms with van der Waals surface area (Å²) in [5.41, 5.74) is 0.336. The summed E-state index contributed by atoms with van der Waals surface area (Å²) in [7, 11) is 1.55. The average molecular weight is 367 g/mol. The Morgan fingerprint density at radius 1 is 1.11 bits per heavy atom. The van der Waals surface area contributed by atoms with E-state index in [9.17, 15) is 14.4 Å². The van der Waals surface area contributed by atoms with Crippen LogP contribution >= 0.6 is 0 Å². The molecule has 1 saturated heterocycles. The maximum Gasteiger partial charge on any atom is 0.325 e. The highest BCUT2D eigenvalue weighted by Gasteiger charge is 2.49. The lowest BCUT2D eigenvalue weighted by Gasteiger charge is -2.22. The van der Waals surface area contributed by atoms with E-state index in [1.54, 1.807) is 38.3 Å². The Balaban J connectivity index is 1.67. The summed E-state index contributed by atoms with van der Waals surface area (Å²) in [6, 6.07) is 15.7. The first-order chi connectivity index (χ1) is 12.9. The molecule has 1 fully saturated rings. The van der Waals surface area contributed by atoms with E-state index in [0.717, 1.165) is 10.5 Å². The summed E-state index contributed by atoms with van der Waals surface area (Å²) in [6.45, 7) is 1.62. The van der Waals surface area contributed by atoms with Crippen molar-refractivity contribution in [2.45, 2.75) is 19.0 Å². The molecule has 140 valence electrons. The van der Waals surface area contributed by atoms with E-state index in [4.69, 9.17) is 4.74 Å². The third-order valence-corrected chi connectivity index (χ3v) is 4.58. The number of carbonyl (C=O) groups excluding carboxylic acids is 3. The molecule has 1 aliphatic heterocycles. The van der Waals surface area contributed by atoms with Gasteiger partial charge < -0.3 is 15.4 Å². The van der Waals surface area contributed by atoms with Crippen molar-refractivity contribution in [1.82, 2.24) is 15.5 Å². The highest BCUT2D eigenvalue weighted by atomic mass is 16.5. The molecular weight excluding hydrogens is 346 g/mol. The topological polar surface area (TPSA) is 87.7 Å². The fraction of sp³-hybridized carbons (Fsp3) is 0.250. The first-order valence-corrected chi connectivity index (χ1v) is 8.53. The lowest BCUT2D eigenvalue weighted by Crippen LogP contribution is -2.43. The fourth-order valence-electron chi connectivity index (χ4n) is 2.96. The largest absolute Gasteiger partial charge is 0.497 e. The number of urea groups is 1. The minimum absolute atomic E-state index is 0.330. The molecule has 0 unspecified atom stereocenters. The Morgan fingerprint density at radius 2 is 1.78 bits per heavy atom. The summed E-state index contributed by atoms with van der Waals surface area (Å²) in [5, 5.41) is 5.40. The maximum atomic E-state index is 12.8. The molecule has 0 aromatic heterocycles. The van der Waals surface area contributed by atoms with Crippen LogP contribution in [0.5, 0.6) is 5.75 Å². The lowest BCUT2D eigenvalue weighted by atomic mass is 9.92. The van der Waals surface area contributed by atoms with Crippen molar-refractivity contribution in [2.24, 2.45) is 0 Å². The van der Waals surface area contributed by atoms with Crippen LogP contribution in [-0.2, 0) is 21.7 Å². The van der Waals surface area contributed by atoms with Crippen LogP contribution in [0.2, 0.25) is 0 Å². The van der Waals surface area contributed by atoms with Crippen molar-refractivity contribution >= 4 is 17.8 Å². The number of hydrogen-bond acceptors (Lipinski definition) is 4. The van der Waals surface area contributed by atoms with Gasteiger partial charge in [-0.25, -0.2) is 4.79 Å². The average Bonchev–Trinajstić information content (AvgIpc) is 2.91. The molecule has 2 aromatic rings. The third kappa shape index (κ3) is 3.76. The molecule has 7 nitrogen and oxygen atoms in total. The molecule has 3 rings (SSSR count). The second-order valence-electron chi connectivity index (χ2n) is 6.44. The minimum Gasteiger partial charge on any atom is -0.497 e. The molecular formula is C20H21N3O4. The Kier molecular flexibility index (Phi) is 5.12. The molecule has 0 spiro atoms. The predicted octanol–water partition coefficient (Wildman–Crippen LogP) is 1.78. The Morgan fingerprint density at radius 3 is 2.41 bits per heavy atom. The highest BCUT2D eigenvalue weighted by Crippen LogP contribution is 2.29. The van der Waals surface area contributed by atoms with Gasteiger partial charge in [0, 0.05) is 6.54 Å². The zero-order valence-electron chi connectivity index (χ0n) is 15.2. The van der Waals surface area contributed by atoms with E-state index < -0.39 is 23.4 Å². The van der Waals surface area contributed by atoms with Gasteiger partial charge >= 0.3 is 6.03 Å². The molecule has 0 saturated carbocycles. The van der Waals surface area contributed by atoms with Gasteiger partial charge in [-0.3, -0.25) is 14.5 Å². The Labute approximate surface area is 157 Å². The second-order valence-corrected chi connectivity index (χ2v) is 6.44. The Hall–Kier alpha value is -3.35. The predicted molar refractivity (Wildman–Crippen MR) is 98.9 cm³/mol. The SMILES string of the molecule is COc1ccc([C@@]2(C)NC(=O)N(CC(=O)NCc3ccccc3)C2=O)cc1. The van der Waals surface area contributed by atoms with Crippen LogP contribution < -0.4 is 15.4 Å². The van der Waals surface area contributed by atoms with Crippen LogP contribution in [0.3, 0.4) is 0 Å². The number of amides is 4. The van der Waals surface area contributed by atoms with Gasteiger partial charge in [-0.15, -0.1) is 0 Å². The van der Waals surface area contributed by atoms with E-state index in [2.05, 4.69) is 10.6 Å². The van der Waals surface area contributed by atoms with Crippen LogP contribution in [0, 0.1) is 0 Å². The van der Waals surface area contributed by atoms with E-state index in [0.29, 0.717) is 17.9 Å². The van der Waals surface area contributed by atoms with Gasteiger partial charge in [0.1, 0.15) is 17.8 Å². The molecule has 1 atom stereocenters. The number of rotatable bonds is 6. The molecule has 0 radical (unpaired) electrons. The number of hydrogen-bond donors (Lipinski definition) is 2. The van der Waals surface area contributed by atoms with Gasteiger partial charge in [-0.2, -0.15) is 0 Å². The van der Waals surface area contributed by atoms with Gasteiger partial charge in [0.2, 0.25) is 5.91 Å². The van der Waals surface area contributed by atoms with Crippen molar-refractivity contribution in [2.75, 3.05) is 13.7 Å². The molecule has 27 heavy (non-hydrogen) atoms. The quantitative estimate of drug-likeness (QED) is 0.762. The van der Waals surface area contributed by atoms with Gasteiger partial charge in [0.05, 0.1) is 7.11 Å². The van der Waals surface area contributed by atoms with E-state index in [-0.39, 0.29) is 6.54 Å². The van der Waals surface area contributed by atoms with Gasteiger partial charge in [-0.1, -0.05) is 42.5 Å². The molecule has 1 heterocycles. The van der Waals surface area contributed by atoms with Crippen LogP contribution in [0.1, 0.15) is 18.1 Å². The molecule has 2 aromatic carbocycles. The summed E-state index contributed by atoms with van der Waals surface area (Å²) in [6.07, 6.45) is 0. The summed E-state index contributed by atoms with van der Waals surface area (Å²) in [4.78, 5) is 38.3. The lowest BCUT2D eigenvalue weighted by molar-refractivity contribution is -0.134. The molecule has 7 heteroatoms. The monoisotopic (exact) mass is 367 g/mol. The molecule has 4 amide bonds. The summed E-state index contributed by atoms with van der Waals surface area (Å²) < 4.78 is 5.11. The summed E-state index contributed by atoms with van der Waals surface area (Å²) >= 11 is 0. The number of nitrogens with one attached hydrogen (secondary N) is 2. The van der Waals surface area contributed by atoms with Crippen molar-refractivity contribution < 1.29 is 19.1 Å². The van der Waals surface area contributed by atoms with Crippen molar-refractivity contribution in [3.05, 3.63) is 65.7 Å². The third-order valence-electron chi connectivity index (χ3n) is 4.58. The van der Waals surface area contributed by atoms with Crippen LogP contribution in [0.4, 0.5) is 4.79 Å². The van der Waals surface area contributed by atoms with Crippen molar-refractivity contribution in [3.63, 3.8) is 0 Å². The number of benzene rings is 2. The van der Waals surface area contributed by atoms with Gasteiger partial charge in [-0.05, 0) is 30.2 Å². The first-order valence-electron chi connectivity index (χ1n) is 8.53. The van der Waals surface area contributed by atoms with Crippen LogP contribution in [0.25, 0.3) is 0 Å². The summed E-state index contributed by atoms with van der Waals surface area (Å²) in [5.74, 6) is -0.217. The van der Waals surface area contributed by atoms with Crippen molar-refractivity contribution in [3.8, 4) is 5.75 Å². The number of ether oxygens (including phenoxy) is 1. The molecule has 1 aliphatic rings. The number of nitrogens with zero attached hydrogens (tertiary/aromatic N) is 1. The fourth-order valence-corrected chi connectivity index (χ4v) is 2.96. The molecule has 2 N–H and O–H groups in total. The van der Waals surface area contributed by atoms with Crippen molar-refractivity contribution in [1.29, 1.82) is 0 Å². The van der Waals surface area contributed by atoms with Crippen LogP contribution in [-0.4, -0.2) is 36.4 Å². The first kappa shape index (κ1) is 18.4. The van der Waals surface area contributed by atoms with E-state index in [1.165, 1.54) is 0 Å². The standard InChI is InChI=1S/C20H21N3O4/c1-20(15-8-10-16(27-2)11-9-15)18(25)23(19(26)22-20)13-17(24)21-12-14-6-4-3-5-7-14/h3-11H,12-13H2,1-2H3,(H,21,24)(H,22,26)/t20-/m1/s1. The molecule has 0 aliphatic carbocycles. The number of methoxy groups -OCH3 is 1. The zero-order valence-corrected chi connectivity index (χ0v) is 15.2. The van der Waals surface area contributed by atoms with Crippen LogP contribution in [0.15, 0.2) is 54.6 Å². The van der Waals surface area contributed by atoms with Gasteiger partial charge in [0.15, 0.2) is 0 Å². The number of carbonyl (C=O) groups is 3. The zero-order chi connectivity index (χ0) is 19.4. The Bertz CT molecular complexity index is 851. The van der Waals surface area contributed by atoms with E-state index in [1.807, 2.05) is 30.3 Å². The highest BCUT2D eigenvalue weighted by molar-refractivity contribution is 6.09. The normalized spacial score (nSPS) is 19.0. The maximum absolute atomic E-state index is 12.8. The van der Waals surface area contributed by atoms with E-state index >= 15 is 0 Å². The minimum atomic E-state index is -1.22. The molecule has 0 bridgehead atoms. The van der Waals surface area contributed by atoms with Gasteiger partial charge in [0.25, 0.3) is 5.91 Å². The number of imide groups is 1.